The summed E-state index contributed by atoms with van der Waals surface area (Å²) in [6.45, 7) is 0.907. The van der Waals surface area contributed by atoms with Crippen molar-refractivity contribution in [1.82, 2.24) is 4.90 Å². The molecule has 1 N–H and O–H groups in total. The first kappa shape index (κ1) is 12.1. The first-order valence-electron chi connectivity index (χ1n) is 6.19. The van der Waals surface area contributed by atoms with E-state index >= 15 is 0 Å². The van der Waals surface area contributed by atoms with Crippen LogP contribution in [0, 0.1) is 0 Å². The number of hydrogen-bond donors (Lipinski definition) is 1. The highest BCUT2D eigenvalue weighted by molar-refractivity contribution is 5.87. The van der Waals surface area contributed by atoms with Crippen molar-refractivity contribution in [3.05, 3.63) is 35.4 Å². The number of carbonyl (C=O) groups is 1. The van der Waals surface area contributed by atoms with E-state index in [1.165, 1.54) is 31.2 Å². The predicted molar refractivity (Wildman–Crippen MR) is 67.1 cm³/mol. The molecular formula is C14H19NO2. The quantitative estimate of drug-likeness (QED) is 0.869. The number of rotatable bonds is 4. The van der Waals surface area contributed by atoms with Gasteiger partial charge in [0.05, 0.1) is 5.56 Å². The maximum Gasteiger partial charge on any atom is 0.335 e. The minimum absolute atomic E-state index is 0.359. The van der Waals surface area contributed by atoms with E-state index in [-0.39, 0.29) is 0 Å². The van der Waals surface area contributed by atoms with Crippen molar-refractivity contribution < 1.29 is 9.90 Å². The van der Waals surface area contributed by atoms with Crippen LogP contribution in [0.3, 0.4) is 0 Å². The second kappa shape index (κ2) is 5.32. The maximum atomic E-state index is 10.7. The Bertz CT molecular complexity index is 380. The highest BCUT2D eigenvalue weighted by Crippen LogP contribution is 2.23. The lowest BCUT2D eigenvalue weighted by Gasteiger charge is -2.23. The van der Waals surface area contributed by atoms with E-state index in [9.17, 15) is 4.79 Å². The van der Waals surface area contributed by atoms with Crippen LogP contribution in [-0.4, -0.2) is 29.1 Å². The molecule has 1 aromatic rings. The van der Waals surface area contributed by atoms with E-state index in [1.807, 2.05) is 12.1 Å². The smallest absolute Gasteiger partial charge is 0.335 e. The van der Waals surface area contributed by atoms with Crippen molar-refractivity contribution in [2.24, 2.45) is 0 Å². The summed E-state index contributed by atoms with van der Waals surface area (Å²) < 4.78 is 0. The van der Waals surface area contributed by atoms with Gasteiger partial charge in [0.15, 0.2) is 0 Å². The van der Waals surface area contributed by atoms with Crippen molar-refractivity contribution in [3.8, 4) is 0 Å². The minimum atomic E-state index is -0.860. The number of benzene rings is 1. The van der Waals surface area contributed by atoms with Gasteiger partial charge in [0.1, 0.15) is 0 Å². The third-order valence-electron chi connectivity index (χ3n) is 3.58. The van der Waals surface area contributed by atoms with Crippen LogP contribution in [0.1, 0.15) is 41.6 Å². The Morgan fingerprint density at radius 3 is 2.41 bits per heavy atom. The fraction of sp³-hybridized carbons (Fsp3) is 0.500. The molecule has 17 heavy (non-hydrogen) atoms. The molecule has 1 fully saturated rings. The molecular weight excluding hydrogens is 214 g/mol. The molecule has 0 saturated heterocycles. The van der Waals surface area contributed by atoms with Crippen LogP contribution < -0.4 is 0 Å². The number of hydrogen-bond acceptors (Lipinski definition) is 2. The molecule has 1 aliphatic carbocycles. The highest BCUT2D eigenvalue weighted by atomic mass is 16.4. The zero-order valence-electron chi connectivity index (χ0n) is 10.2. The summed E-state index contributed by atoms with van der Waals surface area (Å²) in [5, 5.41) is 8.82. The molecule has 92 valence electrons. The lowest BCUT2D eigenvalue weighted by Crippen LogP contribution is -2.28. The SMILES string of the molecule is CN(Cc1ccc(C(=O)O)cc1)C1CCCC1. The van der Waals surface area contributed by atoms with Crippen LogP contribution >= 0.6 is 0 Å². The van der Waals surface area contributed by atoms with Crippen molar-refractivity contribution in [3.63, 3.8) is 0 Å². The van der Waals surface area contributed by atoms with E-state index in [0.29, 0.717) is 11.6 Å². The first-order chi connectivity index (χ1) is 8.16. The number of aromatic carboxylic acids is 1. The molecule has 0 atom stereocenters. The lowest BCUT2D eigenvalue weighted by molar-refractivity contribution is 0.0697. The van der Waals surface area contributed by atoms with Gasteiger partial charge in [0.2, 0.25) is 0 Å². The van der Waals surface area contributed by atoms with Crippen molar-refractivity contribution in [2.45, 2.75) is 38.3 Å². The second-order valence-corrected chi connectivity index (χ2v) is 4.86. The zero-order chi connectivity index (χ0) is 12.3. The Balaban J connectivity index is 1.96. The Morgan fingerprint density at radius 2 is 1.88 bits per heavy atom. The van der Waals surface area contributed by atoms with Gasteiger partial charge in [0, 0.05) is 12.6 Å². The van der Waals surface area contributed by atoms with E-state index in [2.05, 4.69) is 11.9 Å². The molecule has 1 aliphatic rings. The number of carboxylic acids is 1. The van der Waals surface area contributed by atoms with Gasteiger partial charge in [-0.1, -0.05) is 25.0 Å². The largest absolute Gasteiger partial charge is 0.478 e. The van der Waals surface area contributed by atoms with E-state index < -0.39 is 5.97 Å². The highest BCUT2D eigenvalue weighted by Gasteiger charge is 2.19. The Hall–Kier alpha value is -1.35. The molecule has 0 spiro atoms. The topological polar surface area (TPSA) is 40.5 Å². The summed E-state index contributed by atoms with van der Waals surface area (Å²) in [5.41, 5.74) is 1.54. The maximum absolute atomic E-state index is 10.7. The van der Waals surface area contributed by atoms with E-state index in [1.54, 1.807) is 12.1 Å². The van der Waals surface area contributed by atoms with Crippen LogP contribution in [0.15, 0.2) is 24.3 Å². The fourth-order valence-corrected chi connectivity index (χ4v) is 2.51. The summed E-state index contributed by atoms with van der Waals surface area (Å²) in [6.07, 6.45) is 5.27. The standard InChI is InChI=1S/C14H19NO2/c1-15(13-4-2-3-5-13)10-11-6-8-12(9-7-11)14(16)17/h6-9,13H,2-5,10H2,1H3,(H,16,17). The van der Waals surface area contributed by atoms with Gasteiger partial charge >= 0.3 is 5.97 Å². The van der Waals surface area contributed by atoms with Crippen molar-refractivity contribution in [1.29, 1.82) is 0 Å². The normalized spacial score (nSPS) is 16.6. The number of carboxylic acid groups (broad SMARTS) is 1. The summed E-state index contributed by atoms with van der Waals surface area (Å²) in [4.78, 5) is 13.1. The van der Waals surface area contributed by atoms with Gasteiger partial charge in [-0.2, -0.15) is 0 Å². The second-order valence-electron chi connectivity index (χ2n) is 4.86. The summed E-state index contributed by atoms with van der Waals surface area (Å²) >= 11 is 0. The van der Waals surface area contributed by atoms with E-state index in [0.717, 1.165) is 6.54 Å². The Morgan fingerprint density at radius 1 is 1.29 bits per heavy atom. The molecule has 0 aliphatic heterocycles. The average Bonchev–Trinajstić information content (AvgIpc) is 2.83. The van der Waals surface area contributed by atoms with Gasteiger partial charge in [-0.3, -0.25) is 4.90 Å². The van der Waals surface area contributed by atoms with Crippen molar-refractivity contribution >= 4 is 5.97 Å². The summed E-state index contributed by atoms with van der Waals surface area (Å²) in [6, 6.07) is 7.89. The van der Waals surface area contributed by atoms with Crippen LogP contribution in [-0.2, 0) is 6.54 Å². The molecule has 0 heterocycles. The van der Waals surface area contributed by atoms with Gasteiger partial charge in [0.25, 0.3) is 0 Å². The zero-order valence-corrected chi connectivity index (χ0v) is 10.2. The summed E-state index contributed by atoms with van der Waals surface area (Å²) in [7, 11) is 2.15. The molecule has 2 rings (SSSR count). The predicted octanol–water partition coefficient (Wildman–Crippen LogP) is 2.76. The van der Waals surface area contributed by atoms with Gasteiger partial charge < -0.3 is 5.11 Å². The van der Waals surface area contributed by atoms with Crippen molar-refractivity contribution in [2.75, 3.05) is 7.05 Å². The molecule has 0 bridgehead atoms. The monoisotopic (exact) mass is 233 g/mol. The molecule has 0 radical (unpaired) electrons. The third kappa shape index (κ3) is 3.07. The Kier molecular flexibility index (Phi) is 3.79. The van der Waals surface area contributed by atoms with Gasteiger partial charge in [-0.25, -0.2) is 4.79 Å². The van der Waals surface area contributed by atoms with Crippen LogP contribution in [0.2, 0.25) is 0 Å². The molecule has 0 unspecified atom stereocenters. The molecule has 0 aromatic heterocycles. The van der Waals surface area contributed by atoms with Crippen LogP contribution in [0.5, 0.6) is 0 Å². The van der Waals surface area contributed by atoms with E-state index in [4.69, 9.17) is 5.11 Å². The first-order valence-corrected chi connectivity index (χ1v) is 6.19. The molecule has 0 amide bonds. The minimum Gasteiger partial charge on any atom is -0.478 e. The van der Waals surface area contributed by atoms with Crippen LogP contribution in [0.4, 0.5) is 0 Å². The van der Waals surface area contributed by atoms with Crippen LogP contribution in [0.25, 0.3) is 0 Å². The lowest BCUT2D eigenvalue weighted by atomic mass is 10.1. The van der Waals surface area contributed by atoms with Gasteiger partial charge in [-0.15, -0.1) is 0 Å². The summed E-state index contributed by atoms with van der Waals surface area (Å²) in [5.74, 6) is -0.860. The molecule has 1 saturated carbocycles. The third-order valence-corrected chi connectivity index (χ3v) is 3.58. The average molecular weight is 233 g/mol. The Labute approximate surface area is 102 Å². The van der Waals surface area contributed by atoms with Gasteiger partial charge in [-0.05, 0) is 37.6 Å². The fourth-order valence-electron chi connectivity index (χ4n) is 2.51. The molecule has 1 aromatic carbocycles. The molecule has 3 nitrogen and oxygen atoms in total. The molecule has 3 heteroatoms. The number of nitrogens with zero attached hydrogens (tertiary/aromatic N) is 1.